The maximum absolute atomic E-state index is 11.5. The van der Waals surface area contributed by atoms with E-state index >= 15 is 0 Å². The zero-order valence-corrected chi connectivity index (χ0v) is 53.4. The van der Waals surface area contributed by atoms with Crippen LogP contribution in [0.25, 0.3) is 64.6 Å². The van der Waals surface area contributed by atoms with Crippen LogP contribution in [0.5, 0.6) is 0 Å². The highest BCUT2D eigenvalue weighted by Crippen LogP contribution is 2.37. The van der Waals surface area contributed by atoms with Gasteiger partial charge in [-0.15, -0.1) is 0 Å². The third-order valence-corrected chi connectivity index (χ3v) is 15.6. The summed E-state index contributed by atoms with van der Waals surface area (Å²) in [4.78, 5) is 45.5. The van der Waals surface area contributed by atoms with Gasteiger partial charge in [0, 0.05) is 28.7 Å². The van der Waals surface area contributed by atoms with Crippen molar-refractivity contribution in [1.29, 1.82) is 0 Å². The van der Waals surface area contributed by atoms with Crippen molar-refractivity contribution in [1.82, 2.24) is 0 Å². The number of esters is 4. The minimum absolute atomic E-state index is 0.157. The van der Waals surface area contributed by atoms with Gasteiger partial charge in [-0.05, 0) is 178 Å². The maximum atomic E-state index is 11.5. The van der Waals surface area contributed by atoms with Gasteiger partial charge in [0.1, 0.15) is 0 Å². The van der Waals surface area contributed by atoms with Gasteiger partial charge in [-0.25, -0.2) is 19.2 Å². The number of aliphatic hydroxyl groups is 4. The summed E-state index contributed by atoms with van der Waals surface area (Å²) in [6.07, 6.45) is 1.88. The molecule has 0 fully saturated rings. The van der Waals surface area contributed by atoms with E-state index in [0.717, 1.165) is 86.9 Å². The molecular formula is C80H84O12. The summed E-state index contributed by atoms with van der Waals surface area (Å²) in [6, 6.07) is 64.4. The van der Waals surface area contributed by atoms with Crippen LogP contribution >= 0.6 is 0 Å². The van der Waals surface area contributed by atoms with E-state index < -0.39 is 29.9 Å². The first-order valence-corrected chi connectivity index (χ1v) is 31.0. The van der Waals surface area contributed by atoms with Gasteiger partial charge in [-0.2, -0.15) is 0 Å². The predicted octanol–water partition coefficient (Wildman–Crippen LogP) is 17.2. The Balaban J connectivity index is 0.000000174. The number of carbonyl (C=O) groups is 4. The van der Waals surface area contributed by atoms with Crippen LogP contribution in [0.15, 0.2) is 243 Å². The highest BCUT2D eigenvalue weighted by atomic mass is 16.5. The Bertz CT molecular complexity index is 4140. The molecule has 4 unspecified atom stereocenters. The standard InChI is InChI=1S/C22H22O3.C21H20O3.C19H22O3.C18H20O3/c1-15(2)22(24)25-13-7-12-20(23)21-18-10-5-3-8-16(18)14-17-9-4-6-11-19(17)21;1-14(2)21(23)24-12-11-19(22)20-17-9-5-3-7-15(17)13-16-8-4-6-10-18(16)20;1-14(2)18(20)22-12-6-11-19(3,21)17-10-9-15-7-4-5-8-16(15)13-17;1-13(2)18(20)21-12-6-11-17(19)16-10-5-8-14-7-3-4-9-15(14)16/h3-6,8-11,14,20,23H,1,7,12-13H2,2H3;3-10,13,19,22H,1,11-12H2,2H3;4-5,7-10,13,21H,1,6,11-12H2,2-3H3;3-5,7-10,17,19H,1,6,11-12H2,2H3. The van der Waals surface area contributed by atoms with E-state index in [0.29, 0.717) is 73.8 Å². The third kappa shape index (κ3) is 19.5. The summed E-state index contributed by atoms with van der Waals surface area (Å²) in [6.45, 7) is 23.5. The Kier molecular flexibility index (Phi) is 25.9. The maximum Gasteiger partial charge on any atom is 0.333 e. The Morgan fingerprint density at radius 3 is 1.14 bits per heavy atom. The monoisotopic (exact) mass is 1240 g/mol. The molecule has 0 bridgehead atoms. The fourth-order valence-electron chi connectivity index (χ4n) is 10.7. The van der Waals surface area contributed by atoms with Gasteiger partial charge < -0.3 is 39.4 Å². The highest BCUT2D eigenvalue weighted by molar-refractivity contribution is 6.04. The third-order valence-electron chi connectivity index (χ3n) is 15.6. The molecule has 0 amide bonds. The first-order valence-electron chi connectivity index (χ1n) is 31.0. The normalized spacial score (nSPS) is 12.5. The molecule has 0 saturated carbocycles. The Labute approximate surface area is 539 Å². The van der Waals surface area contributed by atoms with Crippen molar-refractivity contribution in [2.24, 2.45) is 0 Å². The lowest BCUT2D eigenvalue weighted by Gasteiger charge is -2.24. The summed E-state index contributed by atoms with van der Waals surface area (Å²) >= 11 is 0. The van der Waals surface area contributed by atoms with Gasteiger partial charge >= 0.3 is 23.9 Å². The number of ether oxygens (including phenoxy) is 4. The fourth-order valence-corrected chi connectivity index (χ4v) is 10.7. The second-order valence-electron chi connectivity index (χ2n) is 23.3. The van der Waals surface area contributed by atoms with Crippen LogP contribution in [0.1, 0.15) is 120 Å². The lowest BCUT2D eigenvalue weighted by atomic mass is 9.90. The van der Waals surface area contributed by atoms with Crippen LogP contribution in [0.2, 0.25) is 0 Å². The van der Waals surface area contributed by atoms with Crippen LogP contribution in [-0.2, 0) is 43.7 Å². The average Bonchev–Trinajstić information content (AvgIpc) is 0.793. The van der Waals surface area contributed by atoms with E-state index in [2.05, 4.69) is 50.6 Å². The zero-order valence-electron chi connectivity index (χ0n) is 53.4. The van der Waals surface area contributed by atoms with E-state index in [1.165, 1.54) is 0 Å². The molecule has 0 aliphatic rings. The van der Waals surface area contributed by atoms with Crippen LogP contribution in [0.4, 0.5) is 0 Å². The van der Waals surface area contributed by atoms with E-state index in [1.54, 1.807) is 34.6 Å². The van der Waals surface area contributed by atoms with Crippen molar-refractivity contribution in [3.63, 3.8) is 0 Å². The van der Waals surface area contributed by atoms with Gasteiger partial charge in [0.15, 0.2) is 0 Å². The first kappa shape index (κ1) is 69.9. The Hall–Kier alpha value is -9.56. The van der Waals surface area contributed by atoms with Crippen molar-refractivity contribution >= 4 is 88.5 Å². The summed E-state index contributed by atoms with van der Waals surface area (Å²) in [5.41, 5.74) is 4.21. The van der Waals surface area contributed by atoms with Crippen LogP contribution < -0.4 is 0 Å². The number of benzene rings is 10. The molecule has 12 nitrogen and oxygen atoms in total. The molecule has 12 heteroatoms. The molecule has 0 spiro atoms. The number of carbonyl (C=O) groups excluding carboxylic acids is 4. The Morgan fingerprint density at radius 1 is 0.370 bits per heavy atom. The molecule has 0 aliphatic heterocycles. The van der Waals surface area contributed by atoms with Crippen LogP contribution in [0, 0.1) is 0 Å². The predicted molar refractivity (Wildman–Crippen MR) is 371 cm³/mol. The first-order chi connectivity index (χ1) is 44.1. The van der Waals surface area contributed by atoms with Crippen molar-refractivity contribution < 1.29 is 58.6 Å². The van der Waals surface area contributed by atoms with Crippen molar-refractivity contribution in [2.75, 3.05) is 26.4 Å². The lowest BCUT2D eigenvalue weighted by Crippen LogP contribution is -2.22. The molecular weight excluding hydrogens is 1150 g/mol. The smallest absolute Gasteiger partial charge is 0.333 e. The summed E-state index contributed by atoms with van der Waals surface area (Å²) < 4.78 is 20.3. The van der Waals surface area contributed by atoms with Crippen molar-refractivity contribution in [3.8, 4) is 0 Å². The molecule has 10 aromatic carbocycles. The van der Waals surface area contributed by atoms with Crippen LogP contribution in [0.3, 0.4) is 0 Å². The van der Waals surface area contributed by atoms with E-state index in [1.807, 2.05) is 170 Å². The molecule has 4 N–H and O–H groups in total. The molecule has 0 heterocycles. The van der Waals surface area contributed by atoms with Crippen molar-refractivity contribution in [3.05, 3.63) is 265 Å². The summed E-state index contributed by atoms with van der Waals surface area (Å²) in [5, 5.41) is 55.6. The SMILES string of the molecule is C=C(C)C(=O)OCCC(O)c1c2ccccc2cc2ccccc12.C=C(C)C(=O)OCCCC(C)(O)c1ccc2ccccc2c1.C=C(C)C(=O)OCCCC(O)c1c2ccccc2cc2ccccc12.C=C(C)C(=O)OCCCC(O)c1cccc2ccccc12. The topological polar surface area (TPSA) is 186 Å². The summed E-state index contributed by atoms with van der Waals surface area (Å²) in [7, 11) is 0. The second-order valence-corrected chi connectivity index (χ2v) is 23.3. The average molecular weight is 1240 g/mol. The van der Waals surface area contributed by atoms with Crippen molar-refractivity contribution in [2.45, 2.75) is 103 Å². The van der Waals surface area contributed by atoms with E-state index in [4.69, 9.17) is 18.9 Å². The number of rotatable bonds is 23. The number of fused-ring (bicyclic) bond motifs is 6. The molecule has 0 aliphatic carbocycles. The molecule has 4 atom stereocenters. The molecule has 476 valence electrons. The molecule has 0 aromatic heterocycles. The van der Waals surface area contributed by atoms with E-state index in [9.17, 15) is 39.6 Å². The molecule has 0 radical (unpaired) electrons. The second kappa shape index (κ2) is 34.0. The Morgan fingerprint density at radius 2 is 0.707 bits per heavy atom. The quantitative estimate of drug-likeness (QED) is 0.0156. The lowest BCUT2D eigenvalue weighted by molar-refractivity contribution is -0.140. The highest BCUT2D eigenvalue weighted by Gasteiger charge is 2.24. The fraction of sp³-hybridized carbons (Fsp3) is 0.250. The minimum Gasteiger partial charge on any atom is -0.462 e. The zero-order chi connectivity index (χ0) is 66.3. The number of aliphatic hydroxyl groups excluding tert-OH is 3. The molecule has 92 heavy (non-hydrogen) atoms. The minimum atomic E-state index is -0.945. The number of hydrogen-bond acceptors (Lipinski definition) is 12. The molecule has 10 aromatic rings. The molecule has 10 rings (SSSR count). The van der Waals surface area contributed by atoms with Gasteiger partial charge in [0.2, 0.25) is 0 Å². The number of hydrogen-bond donors (Lipinski definition) is 4. The molecule has 0 saturated heterocycles. The van der Waals surface area contributed by atoms with Gasteiger partial charge in [-0.1, -0.05) is 202 Å². The van der Waals surface area contributed by atoms with Gasteiger partial charge in [-0.3, -0.25) is 0 Å². The summed E-state index contributed by atoms with van der Waals surface area (Å²) in [5.74, 6) is -1.57. The van der Waals surface area contributed by atoms with Gasteiger partial charge in [0.25, 0.3) is 0 Å². The van der Waals surface area contributed by atoms with Gasteiger partial charge in [0.05, 0.1) is 50.3 Å². The van der Waals surface area contributed by atoms with E-state index in [-0.39, 0.29) is 37.7 Å². The largest absolute Gasteiger partial charge is 0.462 e. The van der Waals surface area contributed by atoms with Crippen LogP contribution in [-0.4, -0.2) is 70.7 Å².